The molecule has 0 spiro atoms. The van der Waals surface area contributed by atoms with Gasteiger partial charge >= 0.3 is 0 Å². The highest BCUT2D eigenvalue weighted by Gasteiger charge is 2.34. The van der Waals surface area contributed by atoms with Crippen molar-refractivity contribution < 1.29 is 9.13 Å². The van der Waals surface area contributed by atoms with Gasteiger partial charge in [0.1, 0.15) is 5.82 Å². The number of rotatable bonds is 3. The Morgan fingerprint density at radius 2 is 2.10 bits per heavy atom. The second kappa shape index (κ2) is 8.53. The van der Waals surface area contributed by atoms with Crippen molar-refractivity contribution >= 4 is 29.9 Å². The monoisotopic (exact) mass is 407 g/mol. The molecule has 0 saturated carbocycles. The number of nitrogens with one attached hydrogen (secondary N) is 2. The van der Waals surface area contributed by atoms with E-state index in [-0.39, 0.29) is 35.2 Å². The molecule has 1 aromatic carbocycles. The zero-order valence-corrected chi connectivity index (χ0v) is 14.8. The summed E-state index contributed by atoms with van der Waals surface area (Å²) in [6.07, 6.45) is 1.76. The van der Waals surface area contributed by atoms with Gasteiger partial charge in [-0.3, -0.25) is 4.99 Å². The quantitative estimate of drug-likeness (QED) is 0.459. The fourth-order valence-electron chi connectivity index (χ4n) is 2.68. The average molecular weight is 407 g/mol. The molecule has 0 bridgehead atoms. The van der Waals surface area contributed by atoms with Crippen LogP contribution in [0.15, 0.2) is 29.3 Å². The molecular formula is C15H23FIN3O. The first-order valence-corrected chi connectivity index (χ1v) is 6.92. The number of aliphatic imine (C=N–C) groups is 1. The number of guanidine groups is 1. The summed E-state index contributed by atoms with van der Waals surface area (Å²) in [6.45, 7) is 2.13. The van der Waals surface area contributed by atoms with Crippen molar-refractivity contribution in [2.24, 2.45) is 4.99 Å². The SMILES string of the molecule is CN=C(NC)NCC1(c2cccc(F)c2)CCOCC1.I. The lowest BCUT2D eigenvalue weighted by molar-refractivity contribution is 0.0513. The highest BCUT2D eigenvalue weighted by atomic mass is 127. The first-order valence-electron chi connectivity index (χ1n) is 6.92. The standard InChI is InChI=1S/C15H22FN3O.HI/c1-17-14(18-2)19-11-15(6-8-20-9-7-15)12-4-3-5-13(16)10-12;/h3-5,10H,6-9,11H2,1-2H3,(H2,17,18,19);1H. The number of ether oxygens (including phenoxy) is 1. The van der Waals surface area contributed by atoms with E-state index in [1.165, 1.54) is 6.07 Å². The zero-order valence-electron chi connectivity index (χ0n) is 12.5. The van der Waals surface area contributed by atoms with E-state index in [1.54, 1.807) is 19.2 Å². The first-order chi connectivity index (χ1) is 9.70. The van der Waals surface area contributed by atoms with Gasteiger partial charge in [0.15, 0.2) is 5.96 Å². The van der Waals surface area contributed by atoms with Gasteiger partial charge in [-0.05, 0) is 30.5 Å². The highest BCUT2D eigenvalue weighted by Crippen LogP contribution is 2.34. The molecule has 0 aromatic heterocycles. The van der Waals surface area contributed by atoms with Gasteiger partial charge in [-0.1, -0.05) is 12.1 Å². The minimum Gasteiger partial charge on any atom is -0.381 e. The Balaban J connectivity index is 0.00000220. The lowest BCUT2D eigenvalue weighted by Gasteiger charge is -2.38. The molecule has 118 valence electrons. The maximum atomic E-state index is 13.5. The van der Waals surface area contributed by atoms with Gasteiger partial charge in [0.25, 0.3) is 0 Å². The molecule has 0 atom stereocenters. The molecule has 2 N–H and O–H groups in total. The van der Waals surface area contributed by atoms with Crippen LogP contribution >= 0.6 is 24.0 Å². The maximum absolute atomic E-state index is 13.5. The predicted octanol–water partition coefficient (Wildman–Crippen LogP) is 2.29. The van der Waals surface area contributed by atoms with Crippen LogP contribution in [0.3, 0.4) is 0 Å². The molecule has 1 aliphatic rings. The van der Waals surface area contributed by atoms with Gasteiger partial charge in [-0.15, -0.1) is 24.0 Å². The summed E-state index contributed by atoms with van der Waals surface area (Å²) < 4.78 is 19.0. The third-order valence-corrected chi connectivity index (χ3v) is 3.94. The molecule has 4 nitrogen and oxygen atoms in total. The zero-order chi connectivity index (χ0) is 14.4. The summed E-state index contributed by atoms with van der Waals surface area (Å²) in [5, 5.41) is 6.31. The molecule has 1 fully saturated rings. The molecule has 0 radical (unpaired) electrons. The van der Waals surface area contributed by atoms with E-state index in [2.05, 4.69) is 15.6 Å². The fourth-order valence-corrected chi connectivity index (χ4v) is 2.68. The summed E-state index contributed by atoms with van der Waals surface area (Å²) in [6, 6.07) is 6.89. The Hall–Kier alpha value is -0.890. The van der Waals surface area contributed by atoms with E-state index < -0.39 is 0 Å². The van der Waals surface area contributed by atoms with E-state index in [0.717, 1.165) is 24.4 Å². The molecule has 21 heavy (non-hydrogen) atoms. The van der Waals surface area contributed by atoms with Crippen LogP contribution in [0.1, 0.15) is 18.4 Å². The molecule has 1 saturated heterocycles. The Morgan fingerprint density at radius 1 is 1.38 bits per heavy atom. The second-order valence-corrected chi connectivity index (χ2v) is 5.08. The van der Waals surface area contributed by atoms with Crippen molar-refractivity contribution in [2.45, 2.75) is 18.3 Å². The summed E-state index contributed by atoms with van der Waals surface area (Å²) in [7, 11) is 3.56. The molecule has 1 aliphatic heterocycles. The van der Waals surface area contributed by atoms with Crippen LogP contribution in [0.5, 0.6) is 0 Å². The van der Waals surface area contributed by atoms with Crippen molar-refractivity contribution in [1.29, 1.82) is 0 Å². The molecule has 1 aromatic rings. The summed E-state index contributed by atoms with van der Waals surface area (Å²) in [4.78, 5) is 4.12. The number of benzene rings is 1. The van der Waals surface area contributed by atoms with Gasteiger partial charge in [0.05, 0.1) is 0 Å². The van der Waals surface area contributed by atoms with Crippen LogP contribution in [0.25, 0.3) is 0 Å². The molecule has 0 amide bonds. The Kier molecular flexibility index (Phi) is 7.37. The van der Waals surface area contributed by atoms with Gasteiger partial charge in [-0.2, -0.15) is 0 Å². The number of hydrogen-bond donors (Lipinski definition) is 2. The summed E-state index contributed by atoms with van der Waals surface area (Å²) >= 11 is 0. The molecule has 6 heteroatoms. The van der Waals surface area contributed by atoms with Gasteiger partial charge in [-0.25, -0.2) is 4.39 Å². The van der Waals surface area contributed by atoms with E-state index in [4.69, 9.17) is 4.74 Å². The van der Waals surface area contributed by atoms with Crippen molar-refractivity contribution in [3.8, 4) is 0 Å². The van der Waals surface area contributed by atoms with Crippen LogP contribution < -0.4 is 10.6 Å². The Morgan fingerprint density at radius 3 is 2.67 bits per heavy atom. The van der Waals surface area contributed by atoms with Crippen LogP contribution in [0.4, 0.5) is 4.39 Å². The Labute approximate surface area is 142 Å². The summed E-state index contributed by atoms with van der Waals surface area (Å²) in [5.41, 5.74) is 0.924. The normalized spacial score (nSPS) is 17.8. The molecule has 0 aliphatic carbocycles. The van der Waals surface area contributed by atoms with Gasteiger partial charge in [0.2, 0.25) is 0 Å². The first kappa shape index (κ1) is 18.2. The van der Waals surface area contributed by atoms with Crippen LogP contribution in [-0.2, 0) is 10.2 Å². The smallest absolute Gasteiger partial charge is 0.190 e. The third kappa shape index (κ3) is 4.54. The molecule has 2 rings (SSSR count). The van der Waals surface area contributed by atoms with Crippen molar-refractivity contribution in [1.82, 2.24) is 10.6 Å². The molecular weight excluding hydrogens is 384 g/mol. The maximum Gasteiger partial charge on any atom is 0.190 e. The van der Waals surface area contributed by atoms with Crippen molar-refractivity contribution in [2.75, 3.05) is 33.9 Å². The van der Waals surface area contributed by atoms with Crippen LogP contribution in [0.2, 0.25) is 0 Å². The molecule has 1 heterocycles. The van der Waals surface area contributed by atoms with E-state index in [9.17, 15) is 4.39 Å². The van der Waals surface area contributed by atoms with E-state index >= 15 is 0 Å². The number of hydrogen-bond acceptors (Lipinski definition) is 2. The topological polar surface area (TPSA) is 45.7 Å². The van der Waals surface area contributed by atoms with Crippen LogP contribution in [0, 0.1) is 5.82 Å². The molecule has 0 unspecified atom stereocenters. The van der Waals surface area contributed by atoms with Crippen molar-refractivity contribution in [3.63, 3.8) is 0 Å². The highest BCUT2D eigenvalue weighted by molar-refractivity contribution is 14.0. The number of nitrogens with zero attached hydrogens (tertiary/aromatic N) is 1. The lowest BCUT2D eigenvalue weighted by atomic mass is 9.74. The second-order valence-electron chi connectivity index (χ2n) is 5.08. The lowest BCUT2D eigenvalue weighted by Crippen LogP contribution is -2.47. The van der Waals surface area contributed by atoms with E-state index in [1.807, 2.05) is 13.1 Å². The Bertz CT molecular complexity index is 476. The van der Waals surface area contributed by atoms with Crippen molar-refractivity contribution in [3.05, 3.63) is 35.6 Å². The largest absolute Gasteiger partial charge is 0.381 e. The minimum absolute atomic E-state index is 0. The van der Waals surface area contributed by atoms with Gasteiger partial charge in [0, 0.05) is 39.3 Å². The predicted molar refractivity (Wildman–Crippen MR) is 94.0 cm³/mol. The van der Waals surface area contributed by atoms with Crippen LogP contribution in [-0.4, -0.2) is 39.8 Å². The van der Waals surface area contributed by atoms with Gasteiger partial charge < -0.3 is 15.4 Å². The summed E-state index contributed by atoms with van der Waals surface area (Å²) in [5.74, 6) is 0.554. The van der Waals surface area contributed by atoms with E-state index in [0.29, 0.717) is 19.8 Å². The fraction of sp³-hybridized carbons (Fsp3) is 0.533. The third-order valence-electron chi connectivity index (χ3n) is 3.94. The number of halogens is 2. The average Bonchev–Trinajstić information content (AvgIpc) is 2.49. The minimum atomic E-state index is -0.189.